The molecule has 7 nitrogen and oxygen atoms in total. The van der Waals surface area contributed by atoms with Crippen molar-refractivity contribution >= 4 is 0 Å². The monoisotopic (exact) mass is 315 g/mol. The van der Waals surface area contributed by atoms with Gasteiger partial charge in [-0.15, -0.1) is 5.10 Å². The predicted molar refractivity (Wildman–Crippen MR) is 82.6 cm³/mol. The van der Waals surface area contributed by atoms with Crippen molar-refractivity contribution < 1.29 is 9.84 Å². The molecule has 23 heavy (non-hydrogen) atoms. The minimum Gasteiger partial charge on any atom is -0.389 e. The lowest BCUT2D eigenvalue weighted by molar-refractivity contribution is 0.0741. The topological polar surface area (TPSA) is 85.1 Å². The van der Waals surface area contributed by atoms with Gasteiger partial charge in [0.05, 0.1) is 37.1 Å². The van der Waals surface area contributed by atoms with E-state index in [2.05, 4.69) is 20.6 Å². The number of hydrogen-bond acceptors (Lipinski definition) is 6. The van der Waals surface area contributed by atoms with Crippen LogP contribution in [0.4, 0.5) is 0 Å². The maximum Gasteiger partial charge on any atom is 0.0952 e. The maximum absolute atomic E-state index is 10.2. The third-order valence-electron chi connectivity index (χ3n) is 4.48. The molecule has 7 heteroatoms. The van der Waals surface area contributed by atoms with Crippen molar-refractivity contribution in [2.75, 3.05) is 6.61 Å². The average molecular weight is 315 g/mol. The lowest BCUT2D eigenvalue weighted by Gasteiger charge is -2.21. The SMILES string of the molecule is O[C@H]1CO[C@H](Cn2cc(C3CC3)nn2)[C@@H]1NCc1cccnc1. The van der Waals surface area contributed by atoms with Crippen LogP contribution < -0.4 is 5.32 Å². The van der Waals surface area contributed by atoms with Crippen molar-refractivity contribution in [1.82, 2.24) is 25.3 Å². The highest BCUT2D eigenvalue weighted by atomic mass is 16.5. The Morgan fingerprint density at radius 1 is 1.39 bits per heavy atom. The van der Waals surface area contributed by atoms with Gasteiger partial charge < -0.3 is 15.2 Å². The van der Waals surface area contributed by atoms with Crippen molar-refractivity contribution in [3.05, 3.63) is 42.0 Å². The number of rotatable bonds is 6. The summed E-state index contributed by atoms with van der Waals surface area (Å²) in [7, 11) is 0. The van der Waals surface area contributed by atoms with E-state index in [4.69, 9.17) is 4.74 Å². The fourth-order valence-electron chi connectivity index (χ4n) is 3.00. The normalized spacial score (nSPS) is 27.4. The van der Waals surface area contributed by atoms with Crippen molar-refractivity contribution in [3.63, 3.8) is 0 Å². The second-order valence-corrected chi connectivity index (χ2v) is 6.35. The van der Waals surface area contributed by atoms with Crippen LogP contribution in [0.25, 0.3) is 0 Å². The summed E-state index contributed by atoms with van der Waals surface area (Å²) in [4.78, 5) is 4.10. The standard InChI is InChI=1S/C16H21N5O2/c22-14-10-23-15(9-21-8-13(19-20-21)12-3-4-12)16(14)18-7-11-2-1-5-17-6-11/h1-2,5-6,8,12,14-16,18,22H,3-4,7,9-10H2/t14-,15+,16+/m0/s1. The molecule has 122 valence electrons. The van der Waals surface area contributed by atoms with Crippen LogP contribution in [0.3, 0.4) is 0 Å². The molecule has 0 aromatic carbocycles. The molecule has 0 amide bonds. The van der Waals surface area contributed by atoms with Crippen molar-refractivity contribution in [2.45, 2.75) is 50.1 Å². The molecule has 4 rings (SSSR count). The quantitative estimate of drug-likeness (QED) is 0.806. The second-order valence-electron chi connectivity index (χ2n) is 6.35. The molecule has 2 fully saturated rings. The van der Waals surface area contributed by atoms with Gasteiger partial charge in [-0.2, -0.15) is 0 Å². The Labute approximate surface area is 134 Å². The number of aromatic nitrogens is 4. The van der Waals surface area contributed by atoms with Crippen LogP contribution in [0.5, 0.6) is 0 Å². The molecule has 0 bridgehead atoms. The van der Waals surface area contributed by atoms with Crippen LogP contribution in [0.1, 0.15) is 30.0 Å². The third kappa shape index (κ3) is 3.41. The van der Waals surface area contributed by atoms with Crippen molar-refractivity contribution in [2.24, 2.45) is 0 Å². The van der Waals surface area contributed by atoms with E-state index in [-0.39, 0.29) is 12.1 Å². The van der Waals surface area contributed by atoms with E-state index >= 15 is 0 Å². The summed E-state index contributed by atoms with van der Waals surface area (Å²) in [6, 6.07) is 3.80. The number of nitrogens with one attached hydrogen (secondary N) is 1. The molecule has 0 spiro atoms. The smallest absolute Gasteiger partial charge is 0.0952 e. The zero-order chi connectivity index (χ0) is 15.6. The number of pyridine rings is 1. The summed E-state index contributed by atoms with van der Waals surface area (Å²) >= 11 is 0. The Hall–Kier alpha value is -1.83. The summed E-state index contributed by atoms with van der Waals surface area (Å²) in [5.41, 5.74) is 2.16. The van der Waals surface area contributed by atoms with Gasteiger partial charge in [0.2, 0.25) is 0 Å². The number of ether oxygens (including phenoxy) is 1. The molecule has 1 aliphatic carbocycles. The van der Waals surface area contributed by atoms with Gasteiger partial charge in [-0.25, -0.2) is 4.68 Å². The van der Waals surface area contributed by atoms with Crippen molar-refractivity contribution in [3.8, 4) is 0 Å². The van der Waals surface area contributed by atoms with E-state index in [9.17, 15) is 5.11 Å². The summed E-state index contributed by atoms with van der Waals surface area (Å²) in [6.07, 6.45) is 7.38. The molecule has 1 aliphatic heterocycles. The molecular weight excluding hydrogens is 294 g/mol. The summed E-state index contributed by atoms with van der Waals surface area (Å²) < 4.78 is 7.57. The van der Waals surface area contributed by atoms with Crippen LogP contribution in [0, 0.1) is 0 Å². The molecule has 1 saturated heterocycles. The first-order valence-electron chi connectivity index (χ1n) is 8.11. The largest absolute Gasteiger partial charge is 0.389 e. The average Bonchev–Trinajstić information content (AvgIpc) is 3.23. The Balaban J connectivity index is 1.38. The van der Waals surface area contributed by atoms with Crippen LogP contribution in [-0.2, 0) is 17.8 Å². The summed E-state index contributed by atoms with van der Waals surface area (Å²) in [5.74, 6) is 0.596. The Bertz CT molecular complexity index is 643. The van der Waals surface area contributed by atoms with Gasteiger partial charge in [0.15, 0.2) is 0 Å². The Kier molecular flexibility index (Phi) is 4.07. The molecule has 2 N–H and O–H groups in total. The fraction of sp³-hybridized carbons (Fsp3) is 0.562. The number of nitrogens with zero attached hydrogens (tertiary/aromatic N) is 4. The van der Waals surface area contributed by atoms with Gasteiger partial charge in [0, 0.05) is 31.1 Å². The van der Waals surface area contributed by atoms with Crippen LogP contribution >= 0.6 is 0 Å². The van der Waals surface area contributed by atoms with Crippen LogP contribution in [0.15, 0.2) is 30.7 Å². The minimum atomic E-state index is -0.511. The number of hydrogen-bond donors (Lipinski definition) is 2. The molecule has 3 atom stereocenters. The zero-order valence-corrected chi connectivity index (χ0v) is 12.9. The molecule has 2 aliphatic rings. The highest BCUT2D eigenvalue weighted by Gasteiger charge is 2.36. The molecular formula is C16H21N5O2. The lowest BCUT2D eigenvalue weighted by Crippen LogP contribution is -2.45. The van der Waals surface area contributed by atoms with Crippen LogP contribution in [0.2, 0.25) is 0 Å². The fourth-order valence-corrected chi connectivity index (χ4v) is 3.00. The van der Waals surface area contributed by atoms with Gasteiger partial charge >= 0.3 is 0 Å². The minimum absolute atomic E-state index is 0.115. The van der Waals surface area contributed by atoms with Gasteiger partial charge in [-0.1, -0.05) is 11.3 Å². The van der Waals surface area contributed by atoms with Gasteiger partial charge in [-0.3, -0.25) is 4.98 Å². The summed E-state index contributed by atoms with van der Waals surface area (Å²) in [6.45, 7) is 1.60. The van der Waals surface area contributed by atoms with E-state index in [0.717, 1.165) is 11.3 Å². The van der Waals surface area contributed by atoms with Gasteiger partial charge in [0.1, 0.15) is 0 Å². The first-order valence-corrected chi connectivity index (χ1v) is 8.11. The van der Waals surface area contributed by atoms with E-state index < -0.39 is 6.10 Å². The van der Waals surface area contributed by atoms with E-state index in [1.54, 1.807) is 6.20 Å². The first-order chi connectivity index (χ1) is 11.3. The lowest BCUT2D eigenvalue weighted by atomic mass is 10.1. The van der Waals surface area contributed by atoms with E-state index in [1.165, 1.54) is 12.8 Å². The highest BCUT2D eigenvalue weighted by Crippen LogP contribution is 2.38. The Morgan fingerprint density at radius 2 is 2.30 bits per heavy atom. The molecule has 2 aromatic heterocycles. The zero-order valence-electron chi connectivity index (χ0n) is 12.9. The number of aliphatic hydroxyl groups excluding tert-OH is 1. The van der Waals surface area contributed by atoms with Gasteiger partial charge in [0.25, 0.3) is 0 Å². The van der Waals surface area contributed by atoms with Crippen molar-refractivity contribution in [1.29, 1.82) is 0 Å². The van der Waals surface area contributed by atoms with Gasteiger partial charge in [-0.05, 0) is 24.5 Å². The highest BCUT2D eigenvalue weighted by molar-refractivity contribution is 5.10. The molecule has 3 heterocycles. The third-order valence-corrected chi connectivity index (χ3v) is 4.48. The molecule has 1 saturated carbocycles. The van der Waals surface area contributed by atoms with Crippen LogP contribution in [-0.4, -0.2) is 49.9 Å². The maximum atomic E-state index is 10.2. The molecule has 0 radical (unpaired) electrons. The van der Waals surface area contributed by atoms with E-state index in [1.807, 2.05) is 29.2 Å². The summed E-state index contributed by atoms with van der Waals surface area (Å²) in [5, 5.41) is 22.0. The van der Waals surface area contributed by atoms with E-state index in [0.29, 0.717) is 25.6 Å². The Morgan fingerprint density at radius 3 is 3.09 bits per heavy atom. The molecule has 0 unspecified atom stereocenters. The predicted octanol–water partition coefficient (Wildman–Crippen LogP) is 0.469. The first kappa shape index (κ1) is 14.7. The number of aliphatic hydroxyl groups is 1. The second kappa shape index (κ2) is 6.35. The molecule has 2 aromatic rings.